The number of hydrogen-bond acceptors (Lipinski definition) is 5. The summed E-state index contributed by atoms with van der Waals surface area (Å²) in [4.78, 5) is 22.3. The Hall–Kier alpha value is -2.04. The predicted octanol–water partition coefficient (Wildman–Crippen LogP) is 2.22. The lowest BCUT2D eigenvalue weighted by atomic mass is 10.2. The lowest BCUT2D eigenvalue weighted by Crippen LogP contribution is -2.08. The summed E-state index contributed by atoms with van der Waals surface area (Å²) < 4.78 is 15.4. The van der Waals surface area contributed by atoms with Crippen molar-refractivity contribution in [3.05, 3.63) is 17.7 Å². The average Bonchev–Trinajstić information content (AvgIpc) is 2.37. The highest BCUT2D eigenvalue weighted by Crippen LogP contribution is 2.38. The molecule has 0 saturated heterocycles. The molecule has 1 rings (SSSR count). The Morgan fingerprint density at radius 2 is 1.89 bits per heavy atom. The largest absolute Gasteiger partial charge is 0.493 e. The SMILES string of the molecule is CCCC(=O)Oc1cc(C=O)cc(OC)c1OC. The average molecular weight is 252 g/mol. The Balaban J connectivity index is 3.14. The van der Waals surface area contributed by atoms with Crippen molar-refractivity contribution in [2.24, 2.45) is 0 Å². The Kier molecular flexibility index (Phi) is 5.17. The van der Waals surface area contributed by atoms with Gasteiger partial charge in [0.15, 0.2) is 11.5 Å². The number of hydrogen-bond donors (Lipinski definition) is 0. The van der Waals surface area contributed by atoms with Gasteiger partial charge in [-0.3, -0.25) is 9.59 Å². The van der Waals surface area contributed by atoms with E-state index in [1.807, 2.05) is 6.92 Å². The van der Waals surface area contributed by atoms with E-state index in [9.17, 15) is 9.59 Å². The molecular formula is C13H16O5. The summed E-state index contributed by atoms with van der Waals surface area (Å²) in [6.07, 6.45) is 1.64. The van der Waals surface area contributed by atoms with E-state index in [0.29, 0.717) is 36.2 Å². The van der Waals surface area contributed by atoms with E-state index in [2.05, 4.69) is 0 Å². The quantitative estimate of drug-likeness (QED) is 0.441. The van der Waals surface area contributed by atoms with Gasteiger partial charge in [-0.05, 0) is 18.6 Å². The van der Waals surface area contributed by atoms with Crippen LogP contribution in [0.2, 0.25) is 0 Å². The van der Waals surface area contributed by atoms with Crippen LogP contribution in [0.3, 0.4) is 0 Å². The van der Waals surface area contributed by atoms with Gasteiger partial charge in [0, 0.05) is 12.0 Å². The minimum absolute atomic E-state index is 0.192. The second-order valence-electron chi connectivity index (χ2n) is 3.60. The van der Waals surface area contributed by atoms with Gasteiger partial charge in [-0.15, -0.1) is 0 Å². The van der Waals surface area contributed by atoms with Gasteiger partial charge in [-0.2, -0.15) is 0 Å². The fourth-order valence-electron chi connectivity index (χ4n) is 1.47. The van der Waals surface area contributed by atoms with E-state index >= 15 is 0 Å². The zero-order valence-corrected chi connectivity index (χ0v) is 10.7. The van der Waals surface area contributed by atoms with E-state index in [-0.39, 0.29) is 11.7 Å². The first-order chi connectivity index (χ1) is 8.65. The molecular weight excluding hydrogens is 236 g/mol. The van der Waals surface area contributed by atoms with Gasteiger partial charge >= 0.3 is 5.97 Å². The first-order valence-corrected chi connectivity index (χ1v) is 5.58. The van der Waals surface area contributed by atoms with Crippen LogP contribution in [0, 0.1) is 0 Å². The summed E-state index contributed by atoms with van der Waals surface area (Å²) in [7, 11) is 2.89. The van der Waals surface area contributed by atoms with Crippen molar-refractivity contribution < 1.29 is 23.8 Å². The molecule has 1 aromatic carbocycles. The van der Waals surface area contributed by atoms with Crippen LogP contribution >= 0.6 is 0 Å². The second kappa shape index (κ2) is 6.64. The van der Waals surface area contributed by atoms with Crippen LogP contribution in [0.4, 0.5) is 0 Å². The Morgan fingerprint density at radius 3 is 2.39 bits per heavy atom. The topological polar surface area (TPSA) is 61.8 Å². The summed E-state index contributed by atoms with van der Waals surface area (Å²) in [6.45, 7) is 1.88. The van der Waals surface area contributed by atoms with Crippen molar-refractivity contribution in [3.63, 3.8) is 0 Å². The molecule has 0 aliphatic heterocycles. The summed E-state index contributed by atoms with van der Waals surface area (Å²) in [5, 5.41) is 0. The third kappa shape index (κ3) is 3.23. The fraction of sp³-hybridized carbons (Fsp3) is 0.385. The number of esters is 1. The van der Waals surface area contributed by atoms with Gasteiger partial charge in [0.25, 0.3) is 0 Å². The van der Waals surface area contributed by atoms with Crippen LogP contribution in [-0.4, -0.2) is 26.5 Å². The molecule has 0 fully saturated rings. The maximum absolute atomic E-state index is 11.5. The molecule has 0 heterocycles. The summed E-state index contributed by atoms with van der Waals surface area (Å²) in [5.74, 6) is 0.465. The van der Waals surface area contributed by atoms with E-state index in [0.717, 1.165) is 0 Å². The van der Waals surface area contributed by atoms with Gasteiger partial charge < -0.3 is 14.2 Å². The standard InChI is InChI=1S/C13H16O5/c1-4-5-12(15)18-11-7-9(8-14)6-10(16-2)13(11)17-3/h6-8H,4-5H2,1-3H3. The van der Waals surface area contributed by atoms with E-state index < -0.39 is 0 Å². The normalized spacial score (nSPS) is 9.72. The van der Waals surface area contributed by atoms with Crippen molar-refractivity contribution in [3.8, 4) is 17.2 Å². The van der Waals surface area contributed by atoms with Crippen LogP contribution in [0.15, 0.2) is 12.1 Å². The molecule has 0 saturated carbocycles. The molecule has 5 heteroatoms. The molecule has 0 aliphatic carbocycles. The molecule has 0 aromatic heterocycles. The van der Waals surface area contributed by atoms with Crippen LogP contribution in [0.5, 0.6) is 17.2 Å². The van der Waals surface area contributed by atoms with Crippen LogP contribution in [-0.2, 0) is 4.79 Å². The molecule has 0 atom stereocenters. The molecule has 0 radical (unpaired) electrons. The number of aldehydes is 1. The number of carbonyl (C=O) groups excluding carboxylic acids is 2. The Morgan fingerprint density at radius 1 is 1.22 bits per heavy atom. The summed E-state index contributed by atoms with van der Waals surface area (Å²) in [6, 6.07) is 2.96. The van der Waals surface area contributed by atoms with Crippen LogP contribution in [0.1, 0.15) is 30.1 Å². The third-order valence-electron chi connectivity index (χ3n) is 2.28. The number of methoxy groups -OCH3 is 2. The molecule has 0 N–H and O–H groups in total. The Labute approximate surface area is 106 Å². The number of ether oxygens (including phenoxy) is 3. The van der Waals surface area contributed by atoms with Gasteiger partial charge in [-0.1, -0.05) is 6.92 Å². The molecule has 18 heavy (non-hydrogen) atoms. The number of rotatable bonds is 6. The highest BCUT2D eigenvalue weighted by molar-refractivity contribution is 5.80. The van der Waals surface area contributed by atoms with E-state index in [1.54, 1.807) is 0 Å². The molecule has 0 spiro atoms. The zero-order valence-electron chi connectivity index (χ0n) is 10.7. The monoisotopic (exact) mass is 252 g/mol. The molecule has 1 aromatic rings. The number of benzene rings is 1. The van der Waals surface area contributed by atoms with Gasteiger partial charge in [0.05, 0.1) is 14.2 Å². The highest BCUT2D eigenvalue weighted by atomic mass is 16.6. The third-order valence-corrected chi connectivity index (χ3v) is 2.28. The van der Waals surface area contributed by atoms with Gasteiger partial charge in [0.2, 0.25) is 5.75 Å². The first-order valence-electron chi connectivity index (χ1n) is 5.58. The second-order valence-corrected chi connectivity index (χ2v) is 3.60. The maximum Gasteiger partial charge on any atom is 0.311 e. The summed E-state index contributed by atoms with van der Waals surface area (Å²) in [5.41, 5.74) is 0.354. The summed E-state index contributed by atoms with van der Waals surface area (Å²) >= 11 is 0. The van der Waals surface area contributed by atoms with Crippen molar-refractivity contribution >= 4 is 12.3 Å². The van der Waals surface area contributed by atoms with Crippen LogP contribution in [0.25, 0.3) is 0 Å². The van der Waals surface area contributed by atoms with Crippen molar-refractivity contribution in [2.45, 2.75) is 19.8 Å². The minimum atomic E-state index is -0.374. The predicted molar refractivity (Wildman–Crippen MR) is 65.5 cm³/mol. The van der Waals surface area contributed by atoms with Gasteiger partial charge in [0.1, 0.15) is 6.29 Å². The fourth-order valence-corrected chi connectivity index (χ4v) is 1.47. The molecule has 0 amide bonds. The van der Waals surface area contributed by atoms with Crippen LogP contribution < -0.4 is 14.2 Å². The highest BCUT2D eigenvalue weighted by Gasteiger charge is 2.16. The Bertz CT molecular complexity index is 439. The molecule has 98 valence electrons. The molecule has 0 bridgehead atoms. The van der Waals surface area contributed by atoms with Crippen molar-refractivity contribution in [2.75, 3.05) is 14.2 Å². The molecule has 0 unspecified atom stereocenters. The first kappa shape index (κ1) is 14.0. The lowest BCUT2D eigenvalue weighted by Gasteiger charge is -2.13. The minimum Gasteiger partial charge on any atom is -0.493 e. The smallest absolute Gasteiger partial charge is 0.311 e. The van der Waals surface area contributed by atoms with Gasteiger partial charge in [-0.25, -0.2) is 0 Å². The van der Waals surface area contributed by atoms with Crippen molar-refractivity contribution in [1.29, 1.82) is 0 Å². The molecule has 5 nitrogen and oxygen atoms in total. The zero-order chi connectivity index (χ0) is 13.5. The van der Waals surface area contributed by atoms with E-state index in [4.69, 9.17) is 14.2 Å². The number of carbonyl (C=O) groups is 2. The molecule has 0 aliphatic rings. The van der Waals surface area contributed by atoms with Crippen molar-refractivity contribution in [1.82, 2.24) is 0 Å². The van der Waals surface area contributed by atoms with E-state index in [1.165, 1.54) is 26.4 Å². The lowest BCUT2D eigenvalue weighted by molar-refractivity contribution is -0.134. The maximum atomic E-state index is 11.5.